The van der Waals surface area contributed by atoms with Crippen LogP contribution >= 0.6 is 0 Å². The fourth-order valence-corrected chi connectivity index (χ4v) is 5.48. The van der Waals surface area contributed by atoms with Gasteiger partial charge in [0, 0.05) is 45.4 Å². The summed E-state index contributed by atoms with van der Waals surface area (Å²) in [4.78, 5) is 3.36. The number of aliphatic hydroxyl groups is 1. The van der Waals surface area contributed by atoms with Gasteiger partial charge in [-0.05, 0) is 62.6 Å². The molecule has 0 amide bonds. The molecule has 0 aliphatic carbocycles. The van der Waals surface area contributed by atoms with E-state index >= 15 is 0 Å². The summed E-state index contributed by atoms with van der Waals surface area (Å²) in [7, 11) is 0. The van der Waals surface area contributed by atoms with Gasteiger partial charge in [-0.25, -0.2) is 0 Å². The second-order valence-electron chi connectivity index (χ2n) is 10.5. The van der Waals surface area contributed by atoms with Crippen molar-refractivity contribution in [1.82, 2.24) is 4.98 Å². The molecule has 5 rings (SSSR count). The van der Waals surface area contributed by atoms with E-state index in [0.29, 0.717) is 5.56 Å². The molecule has 0 saturated carbocycles. The molecule has 3 aromatic carbocycles. The third-order valence-electron chi connectivity index (χ3n) is 7.45. The summed E-state index contributed by atoms with van der Waals surface area (Å²) >= 11 is 0. The molecule has 3 N–H and O–H groups in total. The molecule has 6 heteroatoms. The Balaban J connectivity index is 1.84. The van der Waals surface area contributed by atoms with Crippen LogP contribution in [0.4, 0.5) is 18.9 Å². The van der Waals surface area contributed by atoms with Gasteiger partial charge >= 0.3 is 6.18 Å². The van der Waals surface area contributed by atoms with Gasteiger partial charge in [-0.2, -0.15) is 13.2 Å². The molecular formula is C31H29F3N2O. The number of para-hydroxylation sites is 1. The molecule has 1 aromatic heterocycles. The third kappa shape index (κ3) is 4.18. The number of halogens is 3. The Kier molecular flexibility index (Phi) is 5.88. The molecule has 0 fully saturated rings. The number of anilines is 1. The lowest BCUT2D eigenvalue weighted by molar-refractivity contribution is -0.137. The number of alkyl halides is 3. The fraction of sp³-hybridized carbons (Fsp3) is 0.290. The molecule has 1 aliphatic rings. The van der Waals surface area contributed by atoms with Gasteiger partial charge in [0.15, 0.2) is 0 Å². The molecule has 190 valence electrons. The Morgan fingerprint density at radius 1 is 0.946 bits per heavy atom. The Bertz CT molecular complexity index is 1580. The minimum Gasteiger partial charge on any atom is -0.390 e. The average Bonchev–Trinajstić information content (AvgIpc) is 3.23. The molecular weight excluding hydrogens is 473 g/mol. The third-order valence-corrected chi connectivity index (χ3v) is 7.45. The van der Waals surface area contributed by atoms with Gasteiger partial charge < -0.3 is 15.4 Å². The Labute approximate surface area is 214 Å². The summed E-state index contributed by atoms with van der Waals surface area (Å²) in [5.74, 6) is 5.67. The summed E-state index contributed by atoms with van der Waals surface area (Å²) in [6.07, 6.45) is -3.29. The number of hydrogen-bond acceptors (Lipinski definition) is 2. The quantitative estimate of drug-likeness (QED) is 0.236. The van der Waals surface area contributed by atoms with E-state index in [1.807, 2.05) is 65.1 Å². The highest BCUT2D eigenvalue weighted by atomic mass is 19.4. The standard InChI is InChI=1S/C31H29F3N2O/c1-17-15-24(23-11-8-10-21-18(2)16-35-28(21)23)22(26-19(3)29(37)30(4,5)36-27(17)26)14-13-20-9-6-7-12-25(20)31(32,33)34/h6-12,15-16,19,29,35-37H,1-5H3/t19-,29+/m0/s1. The van der Waals surface area contributed by atoms with Crippen LogP contribution in [0, 0.1) is 25.7 Å². The first-order chi connectivity index (χ1) is 17.4. The van der Waals surface area contributed by atoms with Crippen molar-refractivity contribution in [3.63, 3.8) is 0 Å². The highest BCUT2D eigenvalue weighted by Gasteiger charge is 2.41. The summed E-state index contributed by atoms with van der Waals surface area (Å²) in [6.45, 7) is 9.87. The number of fused-ring (bicyclic) bond motifs is 2. The van der Waals surface area contributed by atoms with E-state index in [2.05, 4.69) is 22.1 Å². The van der Waals surface area contributed by atoms with Crippen molar-refractivity contribution >= 4 is 16.6 Å². The van der Waals surface area contributed by atoms with Gasteiger partial charge in [-0.1, -0.05) is 49.1 Å². The monoisotopic (exact) mass is 502 g/mol. The van der Waals surface area contributed by atoms with Gasteiger partial charge in [0.2, 0.25) is 0 Å². The van der Waals surface area contributed by atoms with Gasteiger partial charge in [-0.3, -0.25) is 0 Å². The SMILES string of the molecule is Cc1cc(-c2cccc3c(C)c[nH]c23)c(C#Cc2ccccc2C(F)(F)F)c2c1NC(C)(C)[C@H](O)[C@H]2C. The van der Waals surface area contributed by atoms with Crippen LogP contribution in [0.3, 0.4) is 0 Å². The highest BCUT2D eigenvalue weighted by molar-refractivity contribution is 5.98. The maximum atomic E-state index is 13.7. The van der Waals surface area contributed by atoms with Crippen molar-refractivity contribution in [3.8, 4) is 23.0 Å². The average molecular weight is 503 g/mol. The number of aromatic nitrogens is 1. The second kappa shape index (κ2) is 8.71. The number of aryl methyl sites for hydroxylation is 2. The number of aliphatic hydroxyl groups excluding tert-OH is 1. The fourth-order valence-electron chi connectivity index (χ4n) is 5.48. The number of hydrogen-bond donors (Lipinski definition) is 3. The van der Waals surface area contributed by atoms with E-state index < -0.39 is 23.4 Å². The second-order valence-corrected chi connectivity index (χ2v) is 10.5. The van der Waals surface area contributed by atoms with Crippen molar-refractivity contribution in [3.05, 3.63) is 88.1 Å². The summed E-state index contributed by atoms with van der Waals surface area (Å²) in [5.41, 5.74) is 5.64. The minimum absolute atomic E-state index is 0.0819. The van der Waals surface area contributed by atoms with Crippen molar-refractivity contribution in [1.29, 1.82) is 0 Å². The van der Waals surface area contributed by atoms with E-state index in [9.17, 15) is 18.3 Å². The highest BCUT2D eigenvalue weighted by Crippen LogP contribution is 2.46. The van der Waals surface area contributed by atoms with Gasteiger partial charge in [0.05, 0.1) is 22.7 Å². The van der Waals surface area contributed by atoms with Gasteiger partial charge in [0.1, 0.15) is 0 Å². The molecule has 2 heterocycles. The maximum absolute atomic E-state index is 13.7. The van der Waals surface area contributed by atoms with Crippen LogP contribution in [-0.2, 0) is 6.18 Å². The smallest absolute Gasteiger partial charge is 0.390 e. The van der Waals surface area contributed by atoms with Crippen LogP contribution < -0.4 is 5.32 Å². The van der Waals surface area contributed by atoms with Crippen LogP contribution in [0.25, 0.3) is 22.0 Å². The van der Waals surface area contributed by atoms with E-state index in [0.717, 1.165) is 50.5 Å². The van der Waals surface area contributed by atoms with Crippen molar-refractivity contribution in [2.75, 3.05) is 5.32 Å². The Morgan fingerprint density at radius 2 is 1.68 bits per heavy atom. The molecule has 0 bridgehead atoms. The normalized spacial score (nSPS) is 18.6. The first-order valence-electron chi connectivity index (χ1n) is 12.3. The van der Waals surface area contributed by atoms with E-state index in [1.54, 1.807) is 6.07 Å². The van der Waals surface area contributed by atoms with Crippen LogP contribution in [-0.4, -0.2) is 21.7 Å². The van der Waals surface area contributed by atoms with Crippen LogP contribution in [0.1, 0.15) is 60.1 Å². The van der Waals surface area contributed by atoms with Gasteiger partial charge in [-0.15, -0.1) is 0 Å². The lowest BCUT2D eigenvalue weighted by atomic mass is 9.75. The lowest BCUT2D eigenvalue weighted by Gasteiger charge is -2.43. The molecule has 0 unspecified atom stereocenters. The van der Waals surface area contributed by atoms with Crippen molar-refractivity contribution in [2.45, 2.75) is 58.4 Å². The van der Waals surface area contributed by atoms with Crippen molar-refractivity contribution < 1.29 is 18.3 Å². The number of benzene rings is 3. The number of H-pyrrole nitrogens is 1. The van der Waals surface area contributed by atoms with Crippen LogP contribution in [0.2, 0.25) is 0 Å². The molecule has 37 heavy (non-hydrogen) atoms. The van der Waals surface area contributed by atoms with E-state index in [1.165, 1.54) is 12.1 Å². The predicted molar refractivity (Wildman–Crippen MR) is 143 cm³/mol. The largest absolute Gasteiger partial charge is 0.417 e. The Morgan fingerprint density at radius 3 is 2.41 bits per heavy atom. The molecule has 0 saturated heterocycles. The van der Waals surface area contributed by atoms with Crippen LogP contribution in [0.15, 0.2) is 54.7 Å². The zero-order valence-corrected chi connectivity index (χ0v) is 21.4. The van der Waals surface area contributed by atoms with Gasteiger partial charge in [0.25, 0.3) is 0 Å². The predicted octanol–water partition coefficient (Wildman–Crippen LogP) is 7.54. The minimum atomic E-state index is -4.51. The molecule has 4 aromatic rings. The van der Waals surface area contributed by atoms with Crippen LogP contribution in [0.5, 0.6) is 0 Å². The van der Waals surface area contributed by atoms with Crippen molar-refractivity contribution in [2.24, 2.45) is 0 Å². The maximum Gasteiger partial charge on any atom is 0.417 e. The number of rotatable bonds is 1. The number of aromatic amines is 1. The summed E-state index contributed by atoms with van der Waals surface area (Å²) in [5, 5.41) is 15.7. The van der Waals surface area contributed by atoms with E-state index in [4.69, 9.17) is 0 Å². The molecule has 1 aliphatic heterocycles. The Hall–Kier alpha value is -3.69. The first kappa shape index (κ1) is 25.0. The molecule has 0 radical (unpaired) electrons. The number of nitrogens with one attached hydrogen (secondary N) is 2. The lowest BCUT2D eigenvalue weighted by Crippen LogP contribution is -2.50. The topological polar surface area (TPSA) is 48.0 Å². The summed E-state index contributed by atoms with van der Waals surface area (Å²) < 4.78 is 41.1. The first-order valence-corrected chi connectivity index (χ1v) is 12.3. The molecule has 2 atom stereocenters. The van der Waals surface area contributed by atoms with E-state index in [-0.39, 0.29) is 11.5 Å². The molecule has 0 spiro atoms. The zero-order valence-electron chi connectivity index (χ0n) is 21.4. The summed E-state index contributed by atoms with van der Waals surface area (Å²) in [6, 6.07) is 13.4. The zero-order chi connectivity index (χ0) is 26.7. The molecule has 3 nitrogen and oxygen atoms in total.